The van der Waals surface area contributed by atoms with E-state index in [9.17, 15) is 22.8 Å². The van der Waals surface area contributed by atoms with Crippen LogP contribution in [0.5, 0.6) is 11.6 Å². The summed E-state index contributed by atoms with van der Waals surface area (Å²) in [6.45, 7) is 6.21. The van der Waals surface area contributed by atoms with Gasteiger partial charge in [0.2, 0.25) is 27.7 Å². The van der Waals surface area contributed by atoms with Gasteiger partial charge in [-0.05, 0) is 105 Å². The number of halogens is 1. The third-order valence-electron chi connectivity index (χ3n) is 12.1. The first-order valence-electron chi connectivity index (χ1n) is 20.7. The fraction of sp³-hybridized carbons (Fsp3) is 0.477. The largest absolute Gasteiger partial charge is 0.496 e. The van der Waals surface area contributed by atoms with Gasteiger partial charge in [0.25, 0.3) is 5.91 Å². The highest BCUT2D eigenvalue weighted by Gasteiger charge is 2.62. The summed E-state index contributed by atoms with van der Waals surface area (Å²) in [4.78, 5) is 54.9. The number of hydrogen-bond acceptors (Lipinski definition) is 11. The zero-order valence-corrected chi connectivity index (χ0v) is 36.6. The molecule has 4 aromatic rings. The molecule has 2 aliphatic heterocycles. The van der Waals surface area contributed by atoms with Gasteiger partial charge < -0.3 is 25.0 Å². The number of benzene rings is 2. The van der Waals surface area contributed by atoms with Crippen LogP contribution in [0.4, 0.5) is 5.69 Å². The molecule has 4 heterocycles. The maximum Gasteiger partial charge on any atom is 0.259 e. The molecule has 3 amide bonds. The number of sulfonamides is 1. The quantitative estimate of drug-likeness (QED) is 0.138. The smallest absolute Gasteiger partial charge is 0.259 e. The van der Waals surface area contributed by atoms with Crippen molar-refractivity contribution in [2.75, 3.05) is 19.0 Å². The summed E-state index contributed by atoms with van der Waals surface area (Å²) in [7, 11) is -2.26. The van der Waals surface area contributed by atoms with Crippen molar-refractivity contribution in [2.24, 2.45) is 5.92 Å². The minimum Gasteiger partial charge on any atom is -0.496 e. The number of aromatic nitrogens is 2. The molecule has 0 spiro atoms. The molecule has 3 N–H and O–H groups in total. The molecule has 0 radical (unpaired) electrons. The fourth-order valence-electron chi connectivity index (χ4n) is 8.26. The molecule has 0 unspecified atom stereocenters. The summed E-state index contributed by atoms with van der Waals surface area (Å²) in [5.74, 6) is -0.736. The van der Waals surface area contributed by atoms with Gasteiger partial charge in [-0.15, -0.1) is 11.3 Å². The van der Waals surface area contributed by atoms with E-state index in [0.29, 0.717) is 47.3 Å². The van der Waals surface area contributed by atoms with Gasteiger partial charge in [0.15, 0.2) is 0 Å². The van der Waals surface area contributed by atoms with Gasteiger partial charge >= 0.3 is 0 Å². The Morgan fingerprint density at radius 1 is 1.05 bits per heavy atom. The number of nitrogens with zero attached hydrogens (tertiary/aromatic N) is 3. The number of methoxy groups -OCH3 is 1. The number of thiazole rings is 1. The minimum absolute atomic E-state index is 0.0611. The Morgan fingerprint density at radius 3 is 2.55 bits per heavy atom. The van der Waals surface area contributed by atoms with Gasteiger partial charge in [-0.25, -0.2) is 18.4 Å². The summed E-state index contributed by atoms with van der Waals surface area (Å²) in [5, 5.41) is 10.7. The molecule has 5 atom stereocenters. The van der Waals surface area contributed by atoms with Crippen molar-refractivity contribution in [1.82, 2.24) is 24.9 Å². The number of rotatable bonds is 10. The van der Waals surface area contributed by atoms with E-state index in [4.69, 9.17) is 31.0 Å². The van der Waals surface area contributed by atoms with E-state index in [1.807, 2.05) is 54.8 Å². The van der Waals surface area contributed by atoms with Crippen LogP contribution in [-0.2, 0) is 24.4 Å². The Hall–Kier alpha value is -4.73. The molecule has 318 valence electrons. The number of anilines is 1. The summed E-state index contributed by atoms with van der Waals surface area (Å²) < 4.78 is 40.7. The number of amides is 3. The second-order valence-electron chi connectivity index (χ2n) is 16.7. The molecule has 8 rings (SSSR count). The lowest BCUT2D eigenvalue weighted by atomic mass is 10.0. The van der Waals surface area contributed by atoms with Crippen molar-refractivity contribution < 1.29 is 32.3 Å². The van der Waals surface area contributed by atoms with Crippen LogP contribution < -0.4 is 24.8 Å². The molecule has 3 fully saturated rings. The topological polar surface area (TPSA) is 169 Å². The lowest BCUT2D eigenvalue weighted by molar-refractivity contribution is -0.140. The average molecular weight is 876 g/mol. The first-order chi connectivity index (χ1) is 28.8. The molecular formula is C44H51ClN6O7S2. The molecule has 2 aromatic heterocycles. The number of aryl methyl sites for hydroxylation is 1. The molecule has 16 heteroatoms. The fourth-order valence-corrected chi connectivity index (χ4v) is 10.7. The van der Waals surface area contributed by atoms with Crippen LogP contribution in [-0.4, -0.2) is 83.6 Å². The highest BCUT2D eigenvalue weighted by atomic mass is 35.5. The van der Waals surface area contributed by atoms with E-state index in [2.05, 4.69) is 29.2 Å². The highest BCUT2D eigenvalue weighted by molar-refractivity contribution is 7.91. The first kappa shape index (κ1) is 42.0. The maximum absolute atomic E-state index is 14.9. The van der Waals surface area contributed by atoms with Gasteiger partial charge in [-0.3, -0.25) is 19.1 Å². The molecular weight excluding hydrogens is 824 g/mol. The number of pyridine rings is 1. The van der Waals surface area contributed by atoms with Crippen LogP contribution in [0, 0.1) is 12.8 Å². The summed E-state index contributed by atoms with van der Waals surface area (Å²) >= 11 is 7.70. The van der Waals surface area contributed by atoms with Crippen molar-refractivity contribution in [3.8, 4) is 22.3 Å². The lowest BCUT2D eigenvalue weighted by Gasteiger charge is -2.30. The molecule has 1 saturated heterocycles. The number of nitrogens with one attached hydrogen (secondary N) is 3. The SMILES string of the molecule is COc1ccc2c(O[C@@H]3C[C@H]4C(=O)N[C@]5(C(=O)NS(=O)(=O)C6CC6)C[C@@H]5/C=C\CCCCC[C@H](Nc5ccc(Cl)cc5)C(=O)N4C3)nc(-c3nc(C(C)C)cs3)cc2c1C. The standard InChI is InChI=1S/C44H51ClN6O7S2/c1-25(2)36-24-59-41(48-36)35-21-33-26(3)38(57-4)19-18-32(33)40(47-35)58-30-20-37-39(52)49-44(43(54)50-60(55,56)31-16-17-31)22-27(44)10-8-6-5-7-9-11-34(42(53)51(37)23-30)46-29-14-12-28(45)13-15-29/h8,10,12-15,18-19,21,24-25,27,30-31,34,37,46H,5-7,9,11,16-17,20,22-23H2,1-4H3,(H,49,52)(H,50,54)/b10-8-/t27-,30+,34-,37-,44+/m0/s1. The van der Waals surface area contributed by atoms with Crippen molar-refractivity contribution >= 4 is 67.1 Å². The van der Waals surface area contributed by atoms with E-state index in [1.165, 1.54) is 11.3 Å². The highest BCUT2D eigenvalue weighted by Crippen LogP contribution is 2.46. The molecule has 2 aliphatic carbocycles. The minimum atomic E-state index is -3.89. The average Bonchev–Trinajstić information content (AvgIpc) is 4.10. The van der Waals surface area contributed by atoms with Crippen LogP contribution in [0.15, 0.2) is 60.0 Å². The van der Waals surface area contributed by atoms with Crippen LogP contribution in [0.1, 0.15) is 88.8 Å². The number of carbonyl (C=O) groups excluding carboxylic acids is 3. The van der Waals surface area contributed by atoms with E-state index in [1.54, 1.807) is 24.1 Å². The van der Waals surface area contributed by atoms with Crippen molar-refractivity contribution in [2.45, 2.75) is 113 Å². The Balaban J connectivity index is 1.15. The maximum atomic E-state index is 14.9. The molecule has 0 bridgehead atoms. The number of carbonyl (C=O) groups is 3. The second-order valence-corrected chi connectivity index (χ2v) is 20.0. The van der Waals surface area contributed by atoms with Crippen molar-refractivity contribution in [3.05, 3.63) is 76.3 Å². The molecule has 2 aromatic carbocycles. The van der Waals surface area contributed by atoms with Gasteiger partial charge in [0.1, 0.15) is 40.2 Å². The second kappa shape index (κ2) is 17.0. The third kappa shape index (κ3) is 8.71. The number of hydrogen-bond donors (Lipinski definition) is 3. The third-order valence-corrected chi connectivity index (χ3v) is 15.0. The van der Waals surface area contributed by atoms with Crippen LogP contribution >= 0.6 is 22.9 Å². The molecule has 4 aliphatic rings. The molecule has 13 nitrogen and oxygen atoms in total. The Labute approximate surface area is 359 Å². The van der Waals surface area contributed by atoms with Gasteiger partial charge in [0, 0.05) is 33.8 Å². The van der Waals surface area contributed by atoms with Crippen molar-refractivity contribution in [1.29, 1.82) is 0 Å². The Kier molecular flexibility index (Phi) is 11.9. The van der Waals surface area contributed by atoms with Crippen LogP contribution in [0.2, 0.25) is 5.02 Å². The first-order valence-corrected chi connectivity index (χ1v) is 23.5. The Bertz CT molecular complexity index is 2440. The number of allylic oxidation sites excluding steroid dienone is 1. The normalized spacial score (nSPS) is 25.4. The van der Waals surface area contributed by atoms with Gasteiger partial charge in [-0.1, -0.05) is 50.4 Å². The monoisotopic (exact) mass is 874 g/mol. The lowest BCUT2D eigenvalue weighted by Crippen LogP contribution is -2.57. The zero-order valence-electron chi connectivity index (χ0n) is 34.2. The summed E-state index contributed by atoms with van der Waals surface area (Å²) in [6.07, 6.45) is 8.27. The molecule has 60 heavy (non-hydrogen) atoms. The summed E-state index contributed by atoms with van der Waals surface area (Å²) in [5.41, 5.74) is 1.71. The van der Waals surface area contributed by atoms with E-state index < -0.39 is 56.7 Å². The predicted molar refractivity (Wildman–Crippen MR) is 233 cm³/mol. The van der Waals surface area contributed by atoms with Crippen molar-refractivity contribution in [3.63, 3.8) is 0 Å². The number of fused-ring (bicyclic) bond motifs is 3. The van der Waals surface area contributed by atoms with Gasteiger partial charge in [-0.2, -0.15) is 0 Å². The molecule has 2 saturated carbocycles. The predicted octanol–water partition coefficient (Wildman–Crippen LogP) is 7.28. The van der Waals surface area contributed by atoms with Crippen LogP contribution in [0.25, 0.3) is 21.5 Å². The van der Waals surface area contributed by atoms with E-state index in [0.717, 1.165) is 52.7 Å². The van der Waals surface area contributed by atoms with Crippen LogP contribution in [0.3, 0.4) is 0 Å². The zero-order chi connectivity index (χ0) is 42.3. The van der Waals surface area contributed by atoms with Gasteiger partial charge in [0.05, 0.1) is 24.6 Å². The number of ether oxygens (including phenoxy) is 2. The summed E-state index contributed by atoms with van der Waals surface area (Å²) in [6, 6.07) is 11.1. The van der Waals surface area contributed by atoms with E-state index in [-0.39, 0.29) is 31.2 Å². The van der Waals surface area contributed by atoms with E-state index >= 15 is 0 Å². The Morgan fingerprint density at radius 2 is 1.83 bits per heavy atom.